The summed E-state index contributed by atoms with van der Waals surface area (Å²) in [5, 5.41) is -0.434. The topological polar surface area (TPSA) is 0 Å². The summed E-state index contributed by atoms with van der Waals surface area (Å²) in [6.45, 7) is 3.88. The van der Waals surface area contributed by atoms with E-state index in [1.165, 1.54) is 11.6 Å². The Morgan fingerprint density at radius 1 is 0.941 bits per heavy atom. The Bertz CT molecular complexity index is 517. The van der Waals surface area contributed by atoms with Gasteiger partial charge in [0.2, 0.25) is 0 Å². The molecule has 2 aromatic carbocycles. The lowest BCUT2D eigenvalue weighted by molar-refractivity contribution is 0.611. The molecule has 0 aliphatic heterocycles. The molecule has 1 atom stereocenters. The first kappa shape index (κ1) is 12.1. The third-order valence-electron chi connectivity index (χ3n) is 2.80. The van der Waals surface area contributed by atoms with Gasteiger partial charge in [-0.15, -0.1) is 11.6 Å². The van der Waals surface area contributed by atoms with E-state index in [1.54, 1.807) is 6.07 Å². The molecule has 0 amide bonds. The van der Waals surface area contributed by atoms with Crippen molar-refractivity contribution in [2.75, 3.05) is 0 Å². The van der Waals surface area contributed by atoms with Crippen LogP contribution in [-0.4, -0.2) is 0 Å². The van der Waals surface area contributed by atoms with Gasteiger partial charge in [0.1, 0.15) is 5.82 Å². The molecule has 2 heteroatoms. The number of rotatable bonds is 2. The second-order valence-corrected chi connectivity index (χ2v) is 4.73. The fraction of sp³-hybridized carbons (Fsp3) is 0.200. The lowest BCUT2D eigenvalue weighted by atomic mass is 10.0. The summed E-state index contributed by atoms with van der Waals surface area (Å²) in [7, 11) is 0. The largest absolute Gasteiger partial charge is 0.207 e. The molecule has 0 aromatic heterocycles. The summed E-state index contributed by atoms with van der Waals surface area (Å²) in [6.07, 6.45) is 0. The van der Waals surface area contributed by atoms with Crippen LogP contribution in [0, 0.1) is 19.7 Å². The van der Waals surface area contributed by atoms with Gasteiger partial charge in [-0.2, -0.15) is 0 Å². The van der Waals surface area contributed by atoms with Gasteiger partial charge in [-0.3, -0.25) is 0 Å². The summed E-state index contributed by atoms with van der Waals surface area (Å²) in [5.74, 6) is -0.245. The van der Waals surface area contributed by atoms with Crippen LogP contribution in [0.3, 0.4) is 0 Å². The van der Waals surface area contributed by atoms with Crippen molar-refractivity contribution in [3.63, 3.8) is 0 Å². The first-order chi connectivity index (χ1) is 8.08. The molecule has 0 saturated carbocycles. The maximum Gasteiger partial charge on any atom is 0.128 e. The predicted molar refractivity (Wildman–Crippen MR) is 70.0 cm³/mol. The van der Waals surface area contributed by atoms with Crippen LogP contribution in [0.25, 0.3) is 0 Å². The lowest BCUT2D eigenvalue weighted by Crippen LogP contribution is -1.97. The number of benzene rings is 2. The van der Waals surface area contributed by atoms with E-state index in [1.807, 2.05) is 44.2 Å². The lowest BCUT2D eigenvalue weighted by Gasteiger charge is -2.12. The molecule has 2 rings (SSSR count). The first-order valence-corrected chi connectivity index (χ1v) is 5.98. The molecule has 0 saturated heterocycles. The highest BCUT2D eigenvalue weighted by Crippen LogP contribution is 2.30. The van der Waals surface area contributed by atoms with Crippen molar-refractivity contribution < 1.29 is 4.39 Å². The number of hydrogen-bond acceptors (Lipinski definition) is 0. The minimum atomic E-state index is -0.434. The van der Waals surface area contributed by atoms with Gasteiger partial charge in [-0.1, -0.05) is 42.0 Å². The quantitative estimate of drug-likeness (QED) is 0.672. The number of hydrogen-bond donors (Lipinski definition) is 0. The highest BCUT2D eigenvalue weighted by molar-refractivity contribution is 6.22. The highest BCUT2D eigenvalue weighted by atomic mass is 35.5. The fourth-order valence-corrected chi connectivity index (χ4v) is 2.08. The molecular weight excluding hydrogens is 235 g/mol. The van der Waals surface area contributed by atoms with E-state index in [0.29, 0.717) is 5.56 Å². The van der Waals surface area contributed by atoms with E-state index >= 15 is 0 Å². The Hall–Kier alpha value is -1.34. The molecule has 0 bridgehead atoms. The summed E-state index contributed by atoms with van der Waals surface area (Å²) in [5.41, 5.74) is 3.52. The van der Waals surface area contributed by atoms with E-state index < -0.39 is 5.38 Å². The highest BCUT2D eigenvalue weighted by Gasteiger charge is 2.14. The van der Waals surface area contributed by atoms with Gasteiger partial charge < -0.3 is 0 Å². The third-order valence-corrected chi connectivity index (χ3v) is 3.29. The Morgan fingerprint density at radius 2 is 1.53 bits per heavy atom. The second kappa shape index (κ2) is 4.89. The summed E-state index contributed by atoms with van der Waals surface area (Å²) < 4.78 is 13.8. The predicted octanol–water partition coefficient (Wildman–Crippen LogP) is 4.77. The zero-order valence-corrected chi connectivity index (χ0v) is 10.6. The van der Waals surface area contributed by atoms with Gasteiger partial charge in [-0.05, 0) is 31.0 Å². The molecule has 0 aliphatic rings. The monoisotopic (exact) mass is 248 g/mol. The second-order valence-electron chi connectivity index (χ2n) is 4.30. The Morgan fingerprint density at radius 3 is 2.12 bits per heavy atom. The molecule has 1 unspecified atom stereocenters. The van der Waals surface area contributed by atoms with Crippen LogP contribution < -0.4 is 0 Å². The van der Waals surface area contributed by atoms with Gasteiger partial charge in [0, 0.05) is 5.56 Å². The summed E-state index contributed by atoms with van der Waals surface area (Å²) >= 11 is 6.30. The molecule has 0 radical (unpaired) electrons. The smallest absolute Gasteiger partial charge is 0.128 e. The first-order valence-electron chi connectivity index (χ1n) is 5.54. The van der Waals surface area contributed by atoms with E-state index in [2.05, 4.69) is 0 Å². The van der Waals surface area contributed by atoms with E-state index in [-0.39, 0.29) is 5.82 Å². The zero-order valence-electron chi connectivity index (χ0n) is 9.87. The van der Waals surface area contributed by atoms with Crippen LogP contribution in [0.5, 0.6) is 0 Å². The van der Waals surface area contributed by atoms with Gasteiger partial charge in [-0.25, -0.2) is 4.39 Å². The fourth-order valence-electron chi connectivity index (χ4n) is 1.75. The maximum atomic E-state index is 13.8. The molecule has 2 aromatic rings. The molecular formula is C15H14ClF. The van der Waals surface area contributed by atoms with Crippen LogP contribution in [0.4, 0.5) is 4.39 Å². The average Bonchev–Trinajstić information content (AvgIpc) is 2.29. The minimum absolute atomic E-state index is 0.245. The van der Waals surface area contributed by atoms with Gasteiger partial charge in [0.05, 0.1) is 5.38 Å². The molecule has 0 nitrogen and oxygen atoms in total. The zero-order chi connectivity index (χ0) is 12.4. The summed E-state index contributed by atoms with van der Waals surface area (Å²) in [6, 6.07) is 13.0. The molecule has 0 aliphatic carbocycles. The normalized spacial score (nSPS) is 12.5. The van der Waals surface area contributed by atoms with E-state index in [9.17, 15) is 4.39 Å². The van der Waals surface area contributed by atoms with Crippen molar-refractivity contribution in [3.8, 4) is 0 Å². The summed E-state index contributed by atoms with van der Waals surface area (Å²) in [4.78, 5) is 0. The van der Waals surface area contributed by atoms with Crippen LogP contribution in [0.1, 0.15) is 27.6 Å². The van der Waals surface area contributed by atoms with Crippen LogP contribution >= 0.6 is 11.6 Å². The van der Waals surface area contributed by atoms with Gasteiger partial charge in [0.25, 0.3) is 0 Å². The molecule has 0 fully saturated rings. The molecule has 0 N–H and O–H groups in total. The molecule has 17 heavy (non-hydrogen) atoms. The van der Waals surface area contributed by atoms with Crippen LogP contribution in [-0.2, 0) is 0 Å². The molecule has 0 heterocycles. The van der Waals surface area contributed by atoms with Crippen LogP contribution in [0.15, 0.2) is 42.5 Å². The van der Waals surface area contributed by atoms with Crippen molar-refractivity contribution in [1.82, 2.24) is 0 Å². The van der Waals surface area contributed by atoms with Crippen molar-refractivity contribution >= 4 is 11.6 Å². The Labute approximate surface area is 106 Å². The SMILES string of the molecule is Cc1ccc(C(Cl)c2ccc(C)cc2F)cc1. The number of halogens is 2. The van der Waals surface area contributed by atoms with Crippen LogP contribution in [0.2, 0.25) is 0 Å². The van der Waals surface area contributed by atoms with Crippen molar-refractivity contribution in [2.24, 2.45) is 0 Å². The Kier molecular flexibility index (Phi) is 3.49. The van der Waals surface area contributed by atoms with E-state index in [4.69, 9.17) is 11.6 Å². The third kappa shape index (κ3) is 2.67. The molecule has 0 spiro atoms. The number of alkyl halides is 1. The van der Waals surface area contributed by atoms with Crippen molar-refractivity contribution in [1.29, 1.82) is 0 Å². The van der Waals surface area contributed by atoms with Crippen molar-refractivity contribution in [2.45, 2.75) is 19.2 Å². The van der Waals surface area contributed by atoms with Gasteiger partial charge in [0.15, 0.2) is 0 Å². The van der Waals surface area contributed by atoms with Crippen molar-refractivity contribution in [3.05, 3.63) is 70.5 Å². The van der Waals surface area contributed by atoms with E-state index in [0.717, 1.165) is 11.1 Å². The Balaban J connectivity index is 2.36. The standard InChI is InChI=1S/C15H14ClF/c1-10-3-6-12(7-4-10)15(16)13-8-5-11(2)9-14(13)17/h3-9,15H,1-2H3. The maximum absolute atomic E-state index is 13.8. The number of aryl methyl sites for hydroxylation is 2. The van der Waals surface area contributed by atoms with Gasteiger partial charge >= 0.3 is 0 Å². The molecule has 88 valence electrons. The average molecular weight is 249 g/mol. The minimum Gasteiger partial charge on any atom is -0.207 e.